The molecule has 1 atom stereocenters. The van der Waals surface area contributed by atoms with E-state index >= 15 is 0 Å². The molecule has 2 rings (SSSR count). The zero-order chi connectivity index (χ0) is 17.0. The summed E-state index contributed by atoms with van der Waals surface area (Å²) in [5, 5.41) is 0. The van der Waals surface area contributed by atoms with Crippen molar-refractivity contribution in [1.82, 2.24) is 0 Å². The summed E-state index contributed by atoms with van der Waals surface area (Å²) in [6.07, 6.45) is 3.24. The van der Waals surface area contributed by atoms with Crippen molar-refractivity contribution in [3.63, 3.8) is 0 Å². The molecule has 5 nitrogen and oxygen atoms in total. The van der Waals surface area contributed by atoms with E-state index < -0.39 is 17.5 Å². The predicted octanol–water partition coefficient (Wildman–Crippen LogP) is 2.97. The van der Waals surface area contributed by atoms with E-state index in [0.717, 1.165) is 0 Å². The van der Waals surface area contributed by atoms with Gasteiger partial charge < -0.3 is 9.47 Å². The Kier molecular flexibility index (Phi) is 4.79. The number of ether oxygens (including phenoxy) is 2. The topological polar surface area (TPSA) is 69.7 Å². The number of rotatable bonds is 4. The second-order valence-electron chi connectivity index (χ2n) is 5.51. The van der Waals surface area contributed by atoms with Crippen LogP contribution in [-0.2, 0) is 19.1 Å². The number of esters is 2. The number of hydrogen-bond acceptors (Lipinski definition) is 5. The number of allylic oxidation sites excluding steroid dienone is 2. The Morgan fingerprint density at radius 1 is 1.00 bits per heavy atom. The molecule has 0 aliphatic heterocycles. The minimum absolute atomic E-state index is 0.138. The molecule has 23 heavy (non-hydrogen) atoms. The molecule has 0 saturated carbocycles. The summed E-state index contributed by atoms with van der Waals surface area (Å²) in [6.45, 7) is 4.16. The summed E-state index contributed by atoms with van der Waals surface area (Å²) in [7, 11) is 0. The molecule has 0 fully saturated rings. The first-order valence-corrected chi connectivity index (χ1v) is 7.21. The highest BCUT2D eigenvalue weighted by Gasteiger charge is 2.39. The summed E-state index contributed by atoms with van der Waals surface area (Å²) < 4.78 is 10.5. The molecular formula is C18H18O5. The molecule has 0 aromatic heterocycles. The Bertz CT molecular complexity index is 699. The molecular weight excluding hydrogens is 296 g/mol. The Balaban J connectivity index is 2.35. The molecule has 120 valence electrons. The molecule has 1 aromatic rings. The van der Waals surface area contributed by atoms with E-state index in [4.69, 9.17) is 9.47 Å². The van der Waals surface area contributed by atoms with Gasteiger partial charge in [0, 0.05) is 31.4 Å². The fourth-order valence-electron chi connectivity index (χ4n) is 2.49. The van der Waals surface area contributed by atoms with Crippen LogP contribution in [-0.4, -0.2) is 23.3 Å². The molecule has 1 unspecified atom stereocenters. The van der Waals surface area contributed by atoms with Gasteiger partial charge in [0.25, 0.3) is 0 Å². The number of benzene rings is 1. The van der Waals surface area contributed by atoms with E-state index in [2.05, 4.69) is 0 Å². The minimum atomic E-state index is -1.19. The van der Waals surface area contributed by atoms with E-state index in [9.17, 15) is 14.4 Å². The average Bonchev–Trinajstić information content (AvgIpc) is 2.48. The monoisotopic (exact) mass is 314 g/mol. The zero-order valence-electron chi connectivity index (χ0n) is 13.3. The molecule has 0 N–H and O–H groups in total. The predicted molar refractivity (Wildman–Crippen MR) is 83.5 cm³/mol. The van der Waals surface area contributed by atoms with Gasteiger partial charge in [0.15, 0.2) is 17.1 Å². The van der Waals surface area contributed by atoms with Crippen molar-refractivity contribution in [3.8, 4) is 0 Å². The maximum Gasteiger partial charge on any atom is 0.307 e. The Morgan fingerprint density at radius 3 is 2.22 bits per heavy atom. The summed E-state index contributed by atoms with van der Waals surface area (Å²) in [6, 6.07) is 8.83. The quantitative estimate of drug-likeness (QED) is 0.631. The van der Waals surface area contributed by atoms with Crippen molar-refractivity contribution in [3.05, 3.63) is 59.4 Å². The van der Waals surface area contributed by atoms with E-state index in [0.29, 0.717) is 11.1 Å². The Labute approximate surface area is 134 Å². The average molecular weight is 314 g/mol. The van der Waals surface area contributed by atoms with Crippen molar-refractivity contribution in [1.29, 1.82) is 0 Å². The molecule has 1 aromatic carbocycles. The molecule has 0 saturated heterocycles. The zero-order valence-corrected chi connectivity index (χ0v) is 13.3. The molecule has 1 aliphatic carbocycles. The van der Waals surface area contributed by atoms with Gasteiger partial charge in [-0.3, -0.25) is 14.4 Å². The Hall–Kier alpha value is -2.69. The number of Topliss-reactive ketones (excluding diaryl/α,β-unsaturated/α-hetero) is 1. The first-order chi connectivity index (χ1) is 10.8. The van der Waals surface area contributed by atoms with Gasteiger partial charge in [0.2, 0.25) is 0 Å². The summed E-state index contributed by atoms with van der Waals surface area (Å²) in [4.78, 5) is 35.2. The molecule has 0 spiro atoms. The third-order valence-corrected chi connectivity index (χ3v) is 3.44. The van der Waals surface area contributed by atoms with Crippen LogP contribution >= 0.6 is 0 Å². The van der Waals surface area contributed by atoms with Crippen LogP contribution in [0.4, 0.5) is 0 Å². The highest BCUT2D eigenvalue weighted by Crippen LogP contribution is 2.35. The standard InChI is InChI=1S/C18H18O5/c1-12(19)22-16-10-9-15(11-18(16,3)23-13(2)20)17(21)14-7-5-4-6-8-14/h4-10H,11H2,1-3H3. The van der Waals surface area contributed by atoms with Crippen LogP contribution in [0.25, 0.3) is 0 Å². The van der Waals surface area contributed by atoms with Crippen LogP contribution in [0.2, 0.25) is 0 Å². The van der Waals surface area contributed by atoms with Gasteiger partial charge in [-0.1, -0.05) is 36.4 Å². The highest BCUT2D eigenvalue weighted by atomic mass is 16.6. The van der Waals surface area contributed by atoms with Gasteiger partial charge in [0.1, 0.15) is 0 Å². The smallest absolute Gasteiger partial charge is 0.307 e. The van der Waals surface area contributed by atoms with Crippen molar-refractivity contribution in [2.75, 3.05) is 0 Å². The van der Waals surface area contributed by atoms with Crippen molar-refractivity contribution in [2.24, 2.45) is 0 Å². The first kappa shape index (κ1) is 16.7. The minimum Gasteiger partial charge on any atom is -0.451 e. The van der Waals surface area contributed by atoms with Gasteiger partial charge in [-0.05, 0) is 13.0 Å². The number of carbonyl (C=O) groups is 3. The summed E-state index contributed by atoms with van der Waals surface area (Å²) in [5.41, 5.74) is -0.157. The number of hydrogen-bond donors (Lipinski definition) is 0. The fourth-order valence-corrected chi connectivity index (χ4v) is 2.49. The van der Waals surface area contributed by atoms with Crippen molar-refractivity contribution >= 4 is 17.7 Å². The molecule has 1 aliphatic rings. The third-order valence-electron chi connectivity index (χ3n) is 3.44. The van der Waals surface area contributed by atoms with E-state index in [1.54, 1.807) is 37.3 Å². The lowest BCUT2D eigenvalue weighted by molar-refractivity contribution is -0.159. The van der Waals surface area contributed by atoms with E-state index in [1.807, 2.05) is 6.07 Å². The molecule has 0 amide bonds. The van der Waals surface area contributed by atoms with Crippen molar-refractivity contribution < 1.29 is 23.9 Å². The molecule has 5 heteroatoms. The Morgan fingerprint density at radius 2 is 1.65 bits per heavy atom. The largest absolute Gasteiger partial charge is 0.451 e. The van der Waals surface area contributed by atoms with Crippen LogP contribution in [0.15, 0.2) is 53.8 Å². The van der Waals surface area contributed by atoms with Crippen LogP contribution in [0.1, 0.15) is 37.6 Å². The van der Waals surface area contributed by atoms with Gasteiger partial charge in [-0.15, -0.1) is 0 Å². The van der Waals surface area contributed by atoms with Crippen LogP contribution in [0.5, 0.6) is 0 Å². The summed E-state index contributed by atoms with van der Waals surface area (Å²) in [5.74, 6) is -0.966. The highest BCUT2D eigenvalue weighted by molar-refractivity contribution is 6.09. The van der Waals surface area contributed by atoms with Crippen molar-refractivity contribution in [2.45, 2.75) is 32.8 Å². The second kappa shape index (κ2) is 6.60. The molecule has 0 bridgehead atoms. The number of carbonyl (C=O) groups excluding carboxylic acids is 3. The van der Waals surface area contributed by atoms with E-state index in [-0.39, 0.29) is 18.0 Å². The maximum atomic E-state index is 12.6. The van der Waals surface area contributed by atoms with Crippen LogP contribution < -0.4 is 0 Å². The SMILES string of the molecule is CC(=O)OC1=CC=C(C(=O)c2ccccc2)CC1(C)OC(C)=O. The lowest BCUT2D eigenvalue weighted by atomic mass is 9.85. The normalized spacial score (nSPS) is 20.1. The van der Waals surface area contributed by atoms with Gasteiger partial charge >= 0.3 is 11.9 Å². The maximum absolute atomic E-state index is 12.6. The van der Waals surface area contributed by atoms with E-state index in [1.165, 1.54) is 19.9 Å². The third kappa shape index (κ3) is 3.94. The molecule has 0 heterocycles. The van der Waals surface area contributed by atoms with Gasteiger partial charge in [0.05, 0.1) is 0 Å². The molecule has 0 radical (unpaired) electrons. The van der Waals surface area contributed by atoms with Crippen LogP contribution in [0, 0.1) is 0 Å². The lowest BCUT2D eigenvalue weighted by Gasteiger charge is -2.33. The lowest BCUT2D eigenvalue weighted by Crippen LogP contribution is -2.38. The fraction of sp³-hybridized carbons (Fsp3) is 0.278. The van der Waals surface area contributed by atoms with Gasteiger partial charge in [-0.25, -0.2) is 0 Å². The van der Waals surface area contributed by atoms with Gasteiger partial charge in [-0.2, -0.15) is 0 Å². The second-order valence-corrected chi connectivity index (χ2v) is 5.51. The summed E-state index contributed by atoms with van der Waals surface area (Å²) >= 11 is 0. The first-order valence-electron chi connectivity index (χ1n) is 7.21. The number of ketones is 1. The van der Waals surface area contributed by atoms with Crippen LogP contribution in [0.3, 0.4) is 0 Å².